The van der Waals surface area contributed by atoms with E-state index in [2.05, 4.69) is 10.2 Å². The average Bonchev–Trinajstić information content (AvgIpc) is 3.26. The van der Waals surface area contributed by atoms with Crippen molar-refractivity contribution >= 4 is 5.91 Å². The number of carbonyl (C=O) groups is 1. The minimum atomic E-state index is -0.294. The van der Waals surface area contributed by atoms with E-state index in [0.29, 0.717) is 29.5 Å². The number of fused-ring (bicyclic) bond motifs is 2. The molecule has 1 aliphatic carbocycles. The normalized spacial score (nSPS) is 22.5. The first-order chi connectivity index (χ1) is 14.6. The van der Waals surface area contributed by atoms with Crippen LogP contribution in [-0.2, 0) is 0 Å². The van der Waals surface area contributed by atoms with Crippen LogP contribution in [0.3, 0.4) is 0 Å². The minimum absolute atomic E-state index is 0.0122. The number of rotatable bonds is 5. The molecule has 1 saturated carbocycles. The van der Waals surface area contributed by atoms with Gasteiger partial charge in [-0.15, -0.1) is 0 Å². The number of hydrogen-bond acceptors (Lipinski definition) is 4. The van der Waals surface area contributed by atoms with E-state index in [4.69, 9.17) is 4.74 Å². The summed E-state index contributed by atoms with van der Waals surface area (Å²) in [5, 5.41) is 8.43. The zero-order valence-corrected chi connectivity index (χ0v) is 16.7. The predicted molar refractivity (Wildman–Crippen MR) is 109 cm³/mol. The quantitative estimate of drug-likeness (QED) is 0.647. The lowest BCUT2D eigenvalue weighted by molar-refractivity contribution is -0.0306. The molecule has 0 spiro atoms. The van der Waals surface area contributed by atoms with Gasteiger partial charge in [0, 0.05) is 6.04 Å². The Labute approximate surface area is 174 Å². The molecule has 1 atom stereocenters. The van der Waals surface area contributed by atoms with Crippen LogP contribution in [0.4, 0.5) is 4.39 Å². The van der Waals surface area contributed by atoms with Gasteiger partial charge in [-0.3, -0.25) is 4.79 Å². The molecule has 2 aliphatic heterocycles. The maximum Gasteiger partial charge on any atom is 0.256 e. The van der Waals surface area contributed by atoms with E-state index in [1.807, 2.05) is 30.0 Å². The number of amides is 1. The largest absolute Gasteiger partial charge is 0.491 e. The maximum absolute atomic E-state index is 13.7. The molecule has 1 amide bonds. The zero-order chi connectivity index (χ0) is 20.7. The number of halogens is 1. The van der Waals surface area contributed by atoms with Gasteiger partial charge < -0.3 is 9.64 Å². The van der Waals surface area contributed by atoms with Gasteiger partial charge >= 0.3 is 0 Å². The molecule has 3 aliphatic rings. The van der Waals surface area contributed by atoms with Crippen LogP contribution < -0.4 is 4.74 Å². The van der Waals surface area contributed by atoms with Crippen molar-refractivity contribution in [3.63, 3.8) is 0 Å². The number of hydrogen-bond donors (Lipinski definition) is 0. The third-order valence-corrected chi connectivity index (χ3v) is 6.11. The Morgan fingerprint density at radius 3 is 2.57 bits per heavy atom. The molecule has 6 rings (SSSR count). The van der Waals surface area contributed by atoms with Gasteiger partial charge in [0.2, 0.25) is 0 Å². The second kappa shape index (κ2) is 7.55. The van der Waals surface area contributed by atoms with Gasteiger partial charge in [0.1, 0.15) is 18.2 Å². The summed E-state index contributed by atoms with van der Waals surface area (Å²) in [4.78, 5) is 17.2. The van der Waals surface area contributed by atoms with Gasteiger partial charge in [-0.05, 0) is 68.5 Å². The Morgan fingerprint density at radius 2 is 1.83 bits per heavy atom. The summed E-state index contributed by atoms with van der Waals surface area (Å²) >= 11 is 0. The summed E-state index contributed by atoms with van der Waals surface area (Å²) in [6.45, 7) is 2.37. The van der Waals surface area contributed by atoms with Crippen molar-refractivity contribution in [1.29, 1.82) is 0 Å². The van der Waals surface area contributed by atoms with E-state index in [0.717, 1.165) is 24.8 Å². The number of aromatic nitrogens is 3. The molecule has 30 heavy (non-hydrogen) atoms. The molecule has 2 saturated heterocycles. The molecular weight excluding hydrogens is 383 g/mol. The summed E-state index contributed by atoms with van der Waals surface area (Å²) in [6, 6.07) is 12.0. The molecular formula is C23H23FN4O2. The molecule has 7 heteroatoms. The second-order valence-electron chi connectivity index (χ2n) is 8.20. The van der Waals surface area contributed by atoms with Gasteiger partial charge in [0.05, 0.1) is 29.7 Å². The third kappa shape index (κ3) is 3.44. The summed E-state index contributed by atoms with van der Waals surface area (Å²) in [5.74, 6) is 0.949. The summed E-state index contributed by atoms with van der Waals surface area (Å²) in [6.07, 6.45) is 6.21. The molecule has 3 fully saturated rings. The fraction of sp³-hybridized carbons (Fsp3) is 0.348. The number of aryl methyl sites for hydroxylation is 1. The van der Waals surface area contributed by atoms with Crippen molar-refractivity contribution in [3.8, 4) is 11.4 Å². The molecule has 0 radical (unpaired) electrons. The van der Waals surface area contributed by atoms with Crippen LogP contribution in [0.2, 0.25) is 0 Å². The van der Waals surface area contributed by atoms with Crippen LogP contribution in [0.1, 0.15) is 35.2 Å². The number of benzene rings is 2. The first kappa shape index (κ1) is 18.8. The lowest BCUT2D eigenvalue weighted by Crippen LogP contribution is -2.60. The van der Waals surface area contributed by atoms with Crippen LogP contribution in [0.5, 0.6) is 5.75 Å². The van der Waals surface area contributed by atoms with E-state index in [1.165, 1.54) is 16.9 Å². The van der Waals surface area contributed by atoms with Gasteiger partial charge in [0.25, 0.3) is 5.91 Å². The standard InChI is InChI=1S/C23H23FN4O2/c1-15-2-7-22(28-25-8-9-26-28)21(10-15)23(29)27-18-11-16(12-18)13-19(27)14-30-20-5-3-17(24)4-6-20/h2-10,16,18-19H,11-14H2,1H3/t16?,18?,19-/m0/s1. The number of carbonyl (C=O) groups excluding carboxylic acids is 1. The van der Waals surface area contributed by atoms with Gasteiger partial charge in [-0.25, -0.2) is 4.39 Å². The molecule has 2 aromatic carbocycles. The molecule has 2 bridgehead atoms. The third-order valence-electron chi connectivity index (χ3n) is 6.11. The first-order valence-corrected chi connectivity index (χ1v) is 10.3. The van der Waals surface area contributed by atoms with Crippen molar-refractivity contribution in [2.75, 3.05) is 6.61 Å². The van der Waals surface area contributed by atoms with Gasteiger partial charge in [0.15, 0.2) is 0 Å². The van der Waals surface area contributed by atoms with Crippen LogP contribution in [0, 0.1) is 18.7 Å². The van der Waals surface area contributed by atoms with E-state index >= 15 is 0 Å². The highest BCUT2D eigenvalue weighted by Gasteiger charge is 2.47. The van der Waals surface area contributed by atoms with E-state index in [1.54, 1.807) is 24.5 Å². The summed E-state index contributed by atoms with van der Waals surface area (Å²) < 4.78 is 19.1. The number of piperidine rings is 2. The zero-order valence-electron chi connectivity index (χ0n) is 16.7. The first-order valence-electron chi connectivity index (χ1n) is 10.3. The van der Waals surface area contributed by atoms with Crippen LogP contribution in [-0.4, -0.2) is 44.5 Å². The van der Waals surface area contributed by atoms with Crippen molar-refractivity contribution in [3.05, 3.63) is 71.8 Å². The minimum Gasteiger partial charge on any atom is -0.491 e. The van der Waals surface area contributed by atoms with Crippen LogP contribution >= 0.6 is 0 Å². The lowest BCUT2D eigenvalue weighted by atomic mass is 9.70. The molecule has 1 aromatic heterocycles. The molecule has 0 unspecified atom stereocenters. The SMILES string of the molecule is Cc1ccc(-n2nccn2)c(C(=O)N2C3CC(C3)C[C@H]2COc2ccc(F)cc2)c1. The maximum atomic E-state index is 13.7. The lowest BCUT2D eigenvalue weighted by Gasteiger charge is -2.53. The Morgan fingerprint density at radius 1 is 1.10 bits per heavy atom. The van der Waals surface area contributed by atoms with Crippen LogP contribution in [0.15, 0.2) is 54.9 Å². The highest BCUT2D eigenvalue weighted by Crippen LogP contribution is 2.43. The second-order valence-corrected chi connectivity index (χ2v) is 8.20. The topological polar surface area (TPSA) is 60.2 Å². The van der Waals surface area contributed by atoms with Crippen LogP contribution in [0.25, 0.3) is 5.69 Å². The number of ether oxygens (including phenoxy) is 1. The fourth-order valence-corrected chi connectivity index (χ4v) is 4.59. The van der Waals surface area contributed by atoms with Gasteiger partial charge in [-0.1, -0.05) is 11.6 Å². The Kier molecular flexibility index (Phi) is 4.73. The monoisotopic (exact) mass is 406 g/mol. The molecule has 154 valence electrons. The smallest absolute Gasteiger partial charge is 0.256 e. The van der Waals surface area contributed by atoms with Crippen molar-refractivity contribution < 1.29 is 13.9 Å². The van der Waals surface area contributed by atoms with E-state index in [-0.39, 0.29) is 23.8 Å². The Bertz CT molecular complexity index is 1050. The Balaban J connectivity index is 1.42. The highest BCUT2D eigenvalue weighted by atomic mass is 19.1. The molecule has 0 N–H and O–H groups in total. The van der Waals surface area contributed by atoms with E-state index < -0.39 is 0 Å². The predicted octanol–water partition coefficient (Wildman–Crippen LogP) is 3.79. The van der Waals surface area contributed by atoms with Crippen molar-refractivity contribution in [2.45, 2.75) is 38.3 Å². The van der Waals surface area contributed by atoms with Gasteiger partial charge in [-0.2, -0.15) is 15.0 Å². The summed E-state index contributed by atoms with van der Waals surface area (Å²) in [5.41, 5.74) is 2.29. The van der Waals surface area contributed by atoms with E-state index in [9.17, 15) is 9.18 Å². The average molecular weight is 406 g/mol. The molecule has 3 heterocycles. The summed E-state index contributed by atoms with van der Waals surface area (Å²) in [7, 11) is 0. The van der Waals surface area contributed by atoms with Crippen molar-refractivity contribution in [1.82, 2.24) is 19.9 Å². The number of nitrogens with zero attached hydrogens (tertiary/aromatic N) is 4. The molecule has 6 nitrogen and oxygen atoms in total. The van der Waals surface area contributed by atoms with Crippen molar-refractivity contribution in [2.24, 2.45) is 5.92 Å². The Hall–Kier alpha value is -3.22. The highest BCUT2D eigenvalue weighted by molar-refractivity contribution is 5.98. The fourth-order valence-electron chi connectivity index (χ4n) is 4.59. The molecule has 3 aromatic rings.